The van der Waals surface area contributed by atoms with E-state index in [1.165, 1.54) is 5.56 Å². The van der Waals surface area contributed by atoms with E-state index in [0.717, 1.165) is 10.5 Å². The number of benzene rings is 1. The van der Waals surface area contributed by atoms with Crippen LogP contribution in [-0.2, 0) is 50.1 Å². The molecule has 0 saturated carbocycles. The normalized spacial score (nSPS) is 20.8. The number of carbonyl (C=O) groups is 3. The lowest BCUT2D eigenvalue weighted by Gasteiger charge is -2.46. The summed E-state index contributed by atoms with van der Waals surface area (Å²) in [5.41, 5.74) is -0.266. The highest BCUT2D eigenvalue weighted by Crippen LogP contribution is 2.64. The highest BCUT2D eigenvalue weighted by atomic mass is 31.2. The molecule has 2 amide bonds. The molecule has 0 aromatic heterocycles. The summed E-state index contributed by atoms with van der Waals surface area (Å²) in [5.74, 6) is -0.585. The zero-order chi connectivity index (χ0) is 37.5. The van der Waals surface area contributed by atoms with Crippen molar-refractivity contribution in [3.63, 3.8) is 0 Å². The topological polar surface area (TPSA) is 130 Å². The van der Waals surface area contributed by atoms with Gasteiger partial charge in [-0.15, -0.1) is 0 Å². The minimum Gasteiger partial charge on any atom is -0.459 e. The Kier molecular flexibility index (Phi) is 14.5. The van der Waals surface area contributed by atoms with Gasteiger partial charge in [-0.05, 0) is 105 Å². The second kappa shape index (κ2) is 16.7. The maximum Gasteiger partial charge on any atom is 0.450 e. The van der Waals surface area contributed by atoms with E-state index in [9.17, 15) is 18.9 Å². The van der Waals surface area contributed by atoms with Gasteiger partial charge in [-0.3, -0.25) is 24.0 Å². The first-order valence-corrected chi connectivity index (χ1v) is 19.0. The fourth-order valence-electron chi connectivity index (χ4n) is 5.49. The molecule has 2 rings (SSSR count). The number of unbranched alkanes of at least 4 members (excludes halogenated alkanes) is 1. The van der Waals surface area contributed by atoms with E-state index in [2.05, 4.69) is 37.8 Å². The van der Waals surface area contributed by atoms with E-state index in [4.69, 9.17) is 28.8 Å². The van der Waals surface area contributed by atoms with Crippen molar-refractivity contribution in [1.82, 2.24) is 9.80 Å². The third-order valence-electron chi connectivity index (χ3n) is 7.57. The summed E-state index contributed by atoms with van der Waals surface area (Å²) in [6.45, 7) is 24.9. The molecule has 1 aromatic carbocycles. The summed E-state index contributed by atoms with van der Waals surface area (Å²) in [7, 11) is -3.60. The van der Waals surface area contributed by atoms with Crippen LogP contribution in [0.15, 0.2) is 24.3 Å². The molecule has 2 atom stereocenters. The summed E-state index contributed by atoms with van der Waals surface area (Å²) in [6, 6.07) is 8.23. The second-order valence-electron chi connectivity index (χ2n) is 16.7. The van der Waals surface area contributed by atoms with Crippen LogP contribution in [0.5, 0.6) is 0 Å². The van der Waals surface area contributed by atoms with E-state index in [-0.39, 0.29) is 44.1 Å². The van der Waals surface area contributed by atoms with Gasteiger partial charge in [0, 0.05) is 32.3 Å². The summed E-state index contributed by atoms with van der Waals surface area (Å²) in [6.07, 6.45) is -1.34. The zero-order valence-electron chi connectivity index (χ0n) is 32.1. The molecule has 0 bridgehead atoms. The number of ether oxygens (including phenoxy) is 1. The molecule has 12 nitrogen and oxygen atoms in total. The minimum absolute atomic E-state index is 0.0980. The Morgan fingerprint density at radius 1 is 0.837 bits per heavy atom. The number of hydrogen-bond donors (Lipinski definition) is 0. The Labute approximate surface area is 293 Å². The van der Waals surface area contributed by atoms with E-state index in [0.29, 0.717) is 19.5 Å². The van der Waals surface area contributed by atoms with Crippen LogP contribution in [0.1, 0.15) is 120 Å². The quantitative estimate of drug-likeness (QED) is 0.0681. The van der Waals surface area contributed by atoms with Gasteiger partial charge < -0.3 is 9.26 Å². The van der Waals surface area contributed by atoms with Gasteiger partial charge in [-0.2, -0.15) is 9.78 Å². The lowest BCUT2D eigenvalue weighted by atomic mass is 9.83. The first kappa shape index (κ1) is 42.7. The molecule has 0 aliphatic carbocycles. The van der Waals surface area contributed by atoms with Crippen LogP contribution in [0.3, 0.4) is 0 Å². The molecule has 1 unspecified atom stereocenters. The van der Waals surface area contributed by atoms with E-state index in [1.54, 1.807) is 69.2 Å². The Morgan fingerprint density at radius 2 is 1.39 bits per heavy atom. The van der Waals surface area contributed by atoms with E-state index < -0.39 is 47.5 Å². The molecule has 49 heavy (non-hydrogen) atoms. The van der Waals surface area contributed by atoms with E-state index >= 15 is 0 Å². The van der Waals surface area contributed by atoms with Crippen LogP contribution >= 0.6 is 7.37 Å². The lowest BCUT2D eigenvalue weighted by molar-refractivity contribution is -0.316. The smallest absolute Gasteiger partial charge is 0.450 e. The van der Waals surface area contributed by atoms with Crippen molar-refractivity contribution in [1.29, 1.82) is 0 Å². The van der Waals surface area contributed by atoms with Crippen molar-refractivity contribution in [2.24, 2.45) is 0 Å². The summed E-state index contributed by atoms with van der Waals surface area (Å²) < 4.78 is 26.8. The molecule has 1 heterocycles. The van der Waals surface area contributed by atoms with Gasteiger partial charge in [0.25, 0.3) is 0 Å². The van der Waals surface area contributed by atoms with Gasteiger partial charge in [0.05, 0.1) is 6.61 Å². The number of hydrogen-bond acceptors (Lipinski definition) is 11. The maximum atomic E-state index is 14.8. The number of carbonyl (C=O) groups excluding carboxylic acids is 3. The van der Waals surface area contributed by atoms with Crippen molar-refractivity contribution < 1.29 is 47.8 Å². The third-order valence-corrected chi connectivity index (χ3v) is 10.9. The largest absolute Gasteiger partial charge is 0.459 e. The number of rotatable bonds is 12. The molecule has 0 spiro atoms. The Balaban J connectivity index is 2.42. The fourth-order valence-corrected chi connectivity index (χ4v) is 8.50. The Morgan fingerprint density at radius 3 is 1.88 bits per heavy atom. The Hall–Kier alpha value is -2.50. The van der Waals surface area contributed by atoms with Crippen LogP contribution in [0.25, 0.3) is 0 Å². The Bertz CT molecular complexity index is 1290. The molecule has 1 fully saturated rings. The summed E-state index contributed by atoms with van der Waals surface area (Å²) in [5, 5.41) is -1.48. The minimum atomic E-state index is -3.60. The van der Waals surface area contributed by atoms with Gasteiger partial charge >= 0.3 is 18.2 Å². The summed E-state index contributed by atoms with van der Waals surface area (Å²) in [4.78, 5) is 63.2. The van der Waals surface area contributed by atoms with Gasteiger partial charge in [-0.1, -0.05) is 45.0 Å². The molecule has 1 aliphatic rings. The standard InChI is InChI=1S/C36H61N2O10P/c1-14-43-49(42)24-23-37(25-27-19-15-16-20-28(27)32(2,3)4)26-36(49,29(39)44-33(5,6)7)21-17-18-22-38(30(40)45-47-34(8,9)10)31(41)46-48-35(11,12)13/h15-16,19-20H,14,17-18,21-26H2,1-13H3/t36-,49?/m0/s1. The van der Waals surface area contributed by atoms with Gasteiger partial charge in [0.1, 0.15) is 16.8 Å². The van der Waals surface area contributed by atoms with Crippen molar-refractivity contribution >= 4 is 25.5 Å². The molecule has 0 radical (unpaired) electrons. The highest BCUT2D eigenvalue weighted by Gasteiger charge is 2.59. The third kappa shape index (κ3) is 13.0. The average Bonchev–Trinajstić information content (AvgIpc) is 2.94. The van der Waals surface area contributed by atoms with Crippen molar-refractivity contribution in [2.45, 2.75) is 143 Å². The van der Waals surface area contributed by atoms with Crippen LogP contribution in [0.2, 0.25) is 0 Å². The van der Waals surface area contributed by atoms with Crippen molar-refractivity contribution in [3.05, 3.63) is 35.4 Å². The molecule has 1 saturated heterocycles. The number of esters is 1. The predicted octanol–water partition coefficient (Wildman–Crippen LogP) is 8.40. The zero-order valence-corrected chi connectivity index (χ0v) is 33.0. The van der Waals surface area contributed by atoms with Crippen molar-refractivity contribution in [3.8, 4) is 0 Å². The van der Waals surface area contributed by atoms with Crippen LogP contribution in [-0.4, -0.2) is 82.3 Å². The van der Waals surface area contributed by atoms with Gasteiger partial charge in [-0.25, -0.2) is 14.5 Å². The first-order chi connectivity index (χ1) is 22.3. The SMILES string of the molecule is CCOP1(=O)CCN(Cc2ccccc2C(C)(C)C)C[C@@]1(CCCCN(C(=O)OOC(C)(C)C)C(=O)OOC(C)(C)C)C(=O)OC(C)(C)C. The number of nitrogens with zero attached hydrogens (tertiary/aromatic N) is 2. The van der Waals surface area contributed by atoms with E-state index in [1.807, 2.05) is 12.1 Å². The number of amides is 2. The molecule has 1 aliphatic heterocycles. The monoisotopic (exact) mass is 712 g/mol. The fraction of sp³-hybridized carbons (Fsp3) is 0.750. The number of imide groups is 1. The molecule has 0 N–H and O–H groups in total. The summed E-state index contributed by atoms with van der Waals surface area (Å²) >= 11 is 0. The van der Waals surface area contributed by atoms with Crippen molar-refractivity contribution in [2.75, 3.05) is 32.4 Å². The van der Waals surface area contributed by atoms with Crippen LogP contribution in [0.4, 0.5) is 9.59 Å². The molecular formula is C36H61N2O10P. The predicted molar refractivity (Wildman–Crippen MR) is 188 cm³/mol. The van der Waals surface area contributed by atoms with Gasteiger partial charge in [0.2, 0.25) is 7.37 Å². The highest BCUT2D eigenvalue weighted by molar-refractivity contribution is 7.62. The first-order valence-electron chi connectivity index (χ1n) is 17.2. The molecule has 280 valence electrons. The lowest BCUT2D eigenvalue weighted by Crippen LogP contribution is -2.56. The van der Waals surface area contributed by atoms with Crippen LogP contribution < -0.4 is 0 Å². The molecule has 1 aromatic rings. The maximum absolute atomic E-state index is 14.8. The molecule has 13 heteroatoms. The van der Waals surface area contributed by atoms with Gasteiger partial charge in [0.15, 0.2) is 5.16 Å². The van der Waals surface area contributed by atoms with Crippen LogP contribution in [0, 0.1) is 0 Å². The second-order valence-corrected chi connectivity index (χ2v) is 19.6. The average molecular weight is 713 g/mol. The molecular weight excluding hydrogens is 651 g/mol.